The second kappa shape index (κ2) is 8.73. The fraction of sp³-hybridized carbons (Fsp3) is 0.158. The van der Waals surface area contributed by atoms with Gasteiger partial charge in [0, 0.05) is 36.1 Å². The number of aromatic nitrogens is 3. The molecule has 0 spiro atoms. The minimum absolute atomic E-state index is 0.138. The van der Waals surface area contributed by atoms with Crippen molar-refractivity contribution in [3.8, 4) is 23.0 Å². The average Bonchev–Trinajstić information content (AvgIpc) is 2.64. The Morgan fingerprint density at radius 2 is 2.00 bits per heavy atom. The zero-order valence-electron chi connectivity index (χ0n) is 14.5. The molecule has 0 aliphatic carbocycles. The van der Waals surface area contributed by atoms with Crippen LogP contribution in [0.15, 0.2) is 48.8 Å². The lowest BCUT2D eigenvalue weighted by molar-refractivity contribution is -0.137. The van der Waals surface area contributed by atoms with Gasteiger partial charge in [-0.05, 0) is 36.4 Å². The van der Waals surface area contributed by atoms with Crippen molar-refractivity contribution in [1.29, 1.82) is 0 Å². The Morgan fingerprint density at radius 1 is 1.25 bits per heavy atom. The summed E-state index contributed by atoms with van der Waals surface area (Å²) < 4.78 is 19.2. The largest absolute Gasteiger partial charge is 0.481 e. The molecule has 2 aromatic heterocycles. The Hall–Kier alpha value is -3.10. The van der Waals surface area contributed by atoms with Gasteiger partial charge in [-0.25, -0.2) is 19.3 Å². The lowest BCUT2D eigenvalue weighted by Gasteiger charge is -2.09. The van der Waals surface area contributed by atoms with Crippen LogP contribution in [0.5, 0.6) is 11.6 Å². The predicted molar refractivity (Wildman–Crippen MR) is 101 cm³/mol. The van der Waals surface area contributed by atoms with Gasteiger partial charge in [-0.2, -0.15) is 0 Å². The van der Waals surface area contributed by atoms with Gasteiger partial charge in [0.15, 0.2) is 11.6 Å². The van der Waals surface area contributed by atoms with Crippen LogP contribution >= 0.6 is 11.6 Å². The van der Waals surface area contributed by atoms with E-state index in [2.05, 4.69) is 15.0 Å². The molecule has 0 saturated carbocycles. The van der Waals surface area contributed by atoms with Gasteiger partial charge in [-0.3, -0.25) is 4.79 Å². The standard InChI is InChI=1S/C19H16ClFN4O3/c20-12-7-16(21)19(24-10-12)28-15-3-1-11(2-4-15)18-23-6-5-14(25-18)8-13(22)9-17(26)27/h1-7,10,13H,8-9,22H2,(H,26,27)/t13-/m1/s1. The molecule has 1 aromatic carbocycles. The van der Waals surface area contributed by atoms with Crippen molar-refractivity contribution in [2.45, 2.75) is 18.9 Å². The average molecular weight is 403 g/mol. The van der Waals surface area contributed by atoms with Gasteiger partial charge in [0.05, 0.1) is 11.4 Å². The van der Waals surface area contributed by atoms with Crippen molar-refractivity contribution in [3.63, 3.8) is 0 Å². The van der Waals surface area contributed by atoms with Crippen LogP contribution in [0.2, 0.25) is 5.02 Å². The molecule has 3 aromatic rings. The second-order valence-corrected chi connectivity index (χ2v) is 6.44. The first-order valence-electron chi connectivity index (χ1n) is 8.29. The Morgan fingerprint density at radius 3 is 2.68 bits per heavy atom. The van der Waals surface area contributed by atoms with Crippen molar-refractivity contribution in [1.82, 2.24) is 15.0 Å². The maximum Gasteiger partial charge on any atom is 0.304 e. The van der Waals surface area contributed by atoms with Gasteiger partial charge in [0.1, 0.15) is 5.75 Å². The van der Waals surface area contributed by atoms with E-state index in [9.17, 15) is 9.18 Å². The van der Waals surface area contributed by atoms with E-state index in [0.29, 0.717) is 29.3 Å². The molecule has 28 heavy (non-hydrogen) atoms. The van der Waals surface area contributed by atoms with Gasteiger partial charge in [0.25, 0.3) is 5.88 Å². The summed E-state index contributed by atoms with van der Waals surface area (Å²) in [4.78, 5) is 23.2. The molecule has 0 aliphatic heterocycles. The van der Waals surface area contributed by atoms with Crippen molar-refractivity contribution in [3.05, 3.63) is 65.3 Å². The number of nitrogens with two attached hydrogens (primary N) is 1. The highest BCUT2D eigenvalue weighted by atomic mass is 35.5. The molecule has 0 aliphatic rings. The van der Waals surface area contributed by atoms with Gasteiger partial charge in [-0.15, -0.1) is 0 Å². The van der Waals surface area contributed by atoms with Crippen LogP contribution in [0, 0.1) is 5.82 Å². The molecular formula is C19H16ClFN4O3. The molecule has 2 heterocycles. The van der Waals surface area contributed by atoms with Gasteiger partial charge in [-0.1, -0.05) is 11.6 Å². The molecule has 9 heteroatoms. The van der Waals surface area contributed by atoms with Crippen LogP contribution in [0.25, 0.3) is 11.4 Å². The van der Waals surface area contributed by atoms with Gasteiger partial charge < -0.3 is 15.6 Å². The smallest absolute Gasteiger partial charge is 0.304 e. The van der Waals surface area contributed by atoms with Crippen LogP contribution in [0.3, 0.4) is 0 Å². The molecule has 3 N–H and O–H groups in total. The molecule has 0 unspecified atom stereocenters. The van der Waals surface area contributed by atoms with Gasteiger partial charge in [0.2, 0.25) is 0 Å². The SMILES string of the molecule is N[C@@H](CC(=O)O)Cc1ccnc(-c2ccc(Oc3ncc(Cl)cc3F)cc2)n1. The van der Waals surface area contributed by atoms with Crippen molar-refractivity contribution in [2.75, 3.05) is 0 Å². The number of hydrogen-bond acceptors (Lipinski definition) is 6. The summed E-state index contributed by atoms with van der Waals surface area (Å²) in [5.41, 5.74) is 7.17. The molecule has 0 bridgehead atoms. The van der Waals surface area contributed by atoms with E-state index in [4.69, 9.17) is 27.2 Å². The normalized spacial score (nSPS) is 11.8. The van der Waals surface area contributed by atoms with Crippen molar-refractivity contribution in [2.24, 2.45) is 5.73 Å². The highest BCUT2D eigenvalue weighted by Crippen LogP contribution is 2.26. The Kier molecular flexibility index (Phi) is 6.13. The predicted octanol–water partition coefficient (Wildman–Crippen LogP) is 3.47. The Labute approximate surface area is 165 Å². The number of carboxylic acids is 1. The summed E-state index contributed by atoms with van der Waals surface area (Å²) >= 11 is 5.67. The molecule has 0 amide bonds. The summed E-state index contributed by atoms with van der Waals surface area (Å²) in [6, 6.07) is 9.00. The number of halogens is 2. The first-order chi connectivity index (χ1) is 13.4. The number of carboxylic acid groups (broad SMARTS) is 1. The fourth-order valence-corrected chi connectivity index (χ4v) is 2.62. The molecular weight excluding hydrogens is 387 g/mol. The Bertz CT molecular complexity index is 985. The molecule has 0 radical (unpaired) electrons. The highest BCUT2D eigenvalue weighted by molar-refractivity contribution is 6.30. The summed E-state index contributed by atoms with van der Waals surface area (Å²) in [5, 5.41) is 8.98. The van der Waals surface area contributed by atoms with E-state index in [1.165, 1.54) is 6.20 Å². The Balaban J connectivity index is 1.72. The maximum absolute atomic E-state index is 13.8. The maximum atomic E-state index is 13.8. The number of rotatable bonds is 7. The third kappa shape index (κ3) is 5.21. The number of carbonyl (C=O) groups is 1. The third-order valence-corrected chi connectivity index (χ3v) is 3.93. The topological polar surface area (TPSA) is 111 Å². The molecule has 0 fully saturated rings. The second-order valence-electron chi connectivity index (χ2n) is 6.00. The number of benzene rings is 1. The first kappa shape index (κ1) is 19.7. The molecule has 3 rings (SSSR count). The molecule has 144 valence electrons. The fourth-order valence-electron chi connectivity index (χ4n) is 2.47. The van der Waals surface area contributed by atoms with E-state index in [1.54, 1.807) is 36.5 Å². The third-order valence-electron chi connectivity index (χ3n) is 3.72. The minimum Gasteiger partial charge on any atom is -0.481 e. The van der Waals surface area contributed by atoms with E-state index in [-0.39, 0.29) is 17.3 Å². The minimum atomic E-state index is -0.955. The number of hydrogen-bond donors (Lipinski definition) is 2. The zero-order valence-corrected chi connectivity index (χ0v) is 15.3. The summed E-state index contributed by atoms with van der Waals surface area (Å²) in [5.74, 6) is -0.948. The van der Waals surface area contributed by atoms with Gasteiger partial charge >= 0.3 is 5.97 Å². The number of ether oxygens (including phenoxy) is 1. The lowest BCUT2D eigenvalue weighted by atomic mass is 10.1. The van der Waals surface area contributed by atoms with Crippen LogP contribution in [-0.2, 0) is 11.2 Å². The summed E-state index contributed by atoms with van der Waals surface area (Å²) in [6.45, 7) is 0. The number of nitrogens with zero attached hydrogens (tertiary/aromatic N) is 3. The van der Waals surface area contributed by atoms with E-state index in [1.807, 2.05) is 0 Å². The summed E-state index contributed by atoms with van der Waals surface area (Å²) in [7, 11) is 0. The van der Waals surface area contributed by atoms with E-state index in [0.717, 1.165) is 6.07 Å². The van der Waals surface area contributed by atoms with Crippen LogP contribution in [0.4, 0.5) is 4.39 Å². The molecule has 0 saturated heterocycles. The van der Waals surface area contributed by atoms with E-state index >= 15 is 0 Å². The van der Waals surface area contributed by atoms with Crippen LogP contribution < -0.4 is 10.5 Å². The number of pyridine rings is 1. The van der Waals surface area contributed by atoms with Crippen LogP contribution in [0.1, 0.15) is 12.1 Å². The monoisotopic (exact) mass is 402 g/mol. The van der Waals surface area contributed by atoms with E-state index < -0.39 is 17.8 Å². The molecule has 1 atom stereocenters. The molecule has 7 nitrogen and oxygen atoms in total. The van der Waals surface area contributed by atoms with Crippen LogP contribution in [-0.4, -0.2) is 32.1 Å². The highest BCUT2D eigenvalue weighted by Gasteiger charge is 2.12. The number of aliphatic carboxylic acids is 1. The first-order valence-corrected chi connectivity index (χ1v) is 8.67. The van der Waals surface area contributed by atoms with Crippen molar-refractivity contribution >= 4 is 17.6 Å². The quantitative estimate of drug-likeness (QED) is 0.622. The van der Waals surface area contributed by atoms with Crippen molar-refractivity contribution < 1.29 is 19.0 Å². The zero-order chi connectivity index (χ0) is 20.1. The summed E-state index contributed by atoms with van der Waals surface area (Å²) in [6.07, 6.45) is 3.07. The lowest BCUT2D eigenvalue weighted by Crippen LogP contribution is -2.26.